The number of carbonyl (C=O) groups is 3. The highest BCUT2D eigenvalue weighted by Gasteiger charge is 2.22. The van der Waals surface area contributed by atoms with Crippen LogP contribution in [0.5, 0.6) is 0 Å². The molecule has 1 aliphatic rings. The summed E-state index contributed by atoms with van der Waals surface area (Å²) in [6.07, 6.45) is 2.85. The maximum Gasteiger partial charge on any atom is 0.280 e. The summed E-state index contributed by atoms with van der Waals surface area (Å²) in [5, 5.41) is 5.36. The Hall–Kier alpha value is -3.44. The fraction of sp³-hybridized carbons (Fsp3) is 0.500. The van der Waals surface area contributed by atoms with Crippen LogP contribution in [0.25, 0.3) is 11.2 Å². The summed E-state index contributed by atoms with van der Waals surface area (Å²) in [6.45, 7) is 1.48. The number of H-pyrrole nitrogens is 1. The Bertz CT molecular complexity index is 950. The van der Waals surface area contributed by atoms with Gasteiger partial charge in [0.2, 0.25) is 23.7 Å². The minimum atomic E-state index is -0.433. The molecule has 3 amide bonds. The van der Waals surface area contributed by atoms with Gasteiger partial charge in [-0.15, -0.1) is 0 Å². The summed E-state index contributed by atoms with van der Waals surface area (Å²) in [4.78, 5) is 58.8. The van der Waals surface area contributed by atoms with Gasteiger partial charge in [0.05, 0.1) is 12.9 Å². The number of nitrogens with one attached hydrogen (secondary N) is 3. The molecule has 1 aliphatic heterocycles. The summed E-state index contributed by atoms with van der Waals surface area (Å²) >= 11 is 0. The van der Waals surface area contributed by atoms with E-state index in [4.69, 9.17) is 5.73 Å². The number of carbonyl (C=O) groups excluding carboxylic acids is 3. The maximum absolute atomic E-state index is 12.0. The molecule has 3 heterocycles. The van der Waals surface area contributed by atoms with Crippen molar-refractivity contribution in [1.82, 2.24) is 35.1 Å². The fourth-order valence-corrected chi connectivity index (χ4v) is 2.95. The molecule has 2 aromatic rings. The van der Waals surface area contributed by atoms with Crippen LogP contribution in [0.2, 0.25) is 0 Å². The normalized spacial score (nSPS) is 13.9. The van der Waals surface area contributed by atoms with Crippen molar-refractivity contribution in [3.8, 4) is 0 Å². The minimum Gasteiger partial charge on any atom is -0.369 e. The fourth-order valence-electron chi connectivity index (χ4n) is 2.95. The number of nitrogens with zero attached hydrogens (tertiary/aromatic N) is 4. The van der Waals surface area contributed by atoms with Crippen molar-refractivity contribution in [2.75, 3.05) is 31.9 Å². The van der Waals surface area contributed by atoms with Crippen LogP contribution in [-0.4, -0.2) is 68.3 Å². The van der Waals surface area contributed by atoms with E-state index in [-0.39, 0.29) is 61.8 Å². The van der Waals surface area contributed by atoms with Crippen molar-refractivity contribution >= 4 is 34.8 Å². The van der Waals surface area contributed by atoms with E-state index in [0.29, 0.717) is 18.6 Å². The molecule has 0 bridgehead atoms. The van der Waals surface area contributed by atoms with Gasteiger partial charge in [0.15, 0.2) is 11.2 Å². The van der Waals surface area contributed by atoms with Crippen molar-refractivity contribution in [3.63, 3.8) is 0 Å². The zero-order valence-corrected chi connectivity index (χ0v) is 15.2. The highest BCUT2D eigenvalue weighted by Crippen LogP contribution is 2.08. The number of nitrogens with two attached hydrogens (primary N) is 1. The van der Waals surface area contributed by atoms with Crippen LogP contribution >= 0.6 is 0 Å². The molecule has 12 heteroatoms. The van der Waals surface area contributed by atoms with Crippen LogP contribution in [0.3, 0.4) is 0 Å². The number of aromatic amines is 1. The van der Waals surface area contributed by atoms with Crippen LogP contribution in [-0.2, 0) is 20.9 Å². The van der Waals surface area contributed by atoms with Crippen molar-refractivity contribution in [2.45, 2.75) is 25.8 Å². The molecule has 0 radical (unpaired) electrons. The second-order valence-corrected chi connectivity index (χ2v) is 6.43. The topological polar surface area (TPSA) is 168 Å². The molecule has 5 N–H and O–H groups in total. The van der Waals surface area contributed by atoms with Crippen LogP contribution in [0.4, 0.5) is 5.95 Å². The molecule has 1 fully saturated rings. The van der Waals surface area contributed by atoms with Crippen molar-refractivity contribution in [2.24, 2.45) is 0 Å². The van der Waals surface area contributed by atoms with E-state index in [1.165, 1.54) is 11.2 Å². The van der Waals surface area contributed by atoms with E-state index >= 15 is 0 Å². The van der Waals surface area contributed by atoms with Gasteiger partial charge in [-0.25, -0.2) is 4.98 Å². The van der Waals surface area contributed by atoms with Crippen molar-refractivity contribution < 1.29 is 14.4 Å². The molecular weight excluding hydrogens is 368 g/mol. The number of aromatic nitrogens is 4. The van der Waals surface area contributed by atoms with Crippen molar-refractivity contribution in [1.29, 1.82) is 0 Å². The van der Waals surface area contributed by atoms with Gasteiger partial charge in [-0.3, -0.25) is 24.2 Å². The van der Waals surface area contributed by atoms with E-state index in [1.807, 2.05) is 0 Å². The zero-order valence-electron chi connectivity index (χ0n) is 15.2. The van der Waals surface area contributed by atoms with E-state index in [1.54, 1.807) is 4.57 Å². The van der Waals surface area contributed by atoms with Gasteiger partial charge in [-0.05, 0) is 6.42 Å². The van der Waals surface area contributed by atoms with E-state index in [2.05, 4.69) is 25.6 Å². The lowest BCUT2D eigenvalue weighted by molar-refractivity contribution is -0.133. The second kappa shape index (κ2) is 8.50. The number of imidazole rings is 1. The van der Waals surface area contributed by atoms with Gasteiger partial charge in [-0.1, -0.05) is 0 Å². The molecule has 12 nitrogen and oxygen atoms in total. The Morgan fingerprint density at radius 3 is 2.68 bits per heavy atom. The first kappa shape index (κ1) is 19.3. The standard InChI is InChI=1S/C16H22N8O4/c17-16-21-14-13(15(28)22-16)20-9-24(14)7-3-10(25)18-4-5-19-11(26)8-23-6-1-2-12(23)27/h9H,1-8H2,(H,18,25)(H,19,26)(H3,17,21,22,28). The molecule has 0 aromatic carbocycles. The van der Waals surface area contributed by atoms with Gasteiger partial charge >= 0.3 is 0 Å². The summed E-state index contributed by atoms with van der Waals surface area (Å²) in [6, 6.07) is 0. The number of rotatable bonds is 8. The number of hydrogen-bond donors (Lipinski definition) is 4. The summed E-state index contributed by atoms with van der Waals surface area (Å²) in [5.41, 5.74) is 5.57. The third kappa shape index (κ3) is 4.64. The molecule has 28 heavy (non-hydrogen) atoms. The molecule has 3 rings (SSSR count). The quantitative estimate of drug-likeness (QED) is 0.376. The maximum atomic E-state index is 12.0. The lowest BCUT2D eigenvalue weighted by Gasteiger charge is -2.15. The van der Waals surface area contributed by atoms with E-state index < -0.39 is 5.56 Å². The van der Waals surface area contributed by atoms with Crippen molar-refractivity contribution in [3.05, 3.63) is 16.7 Å². The molecule has 150 valence electrons. The Balaban J connectivity index is 1.38. The third-order valence-electron chi connectivity index (χ3n) is 4.35. The summed E-state index contributed by atoms with van der Waals surface area (Å²) in [7, 11) is 0. The average molecular weight is 390 g/mol. The number of amides is 3. The highest BCUT2D eigenvalue weighted by molar-refractivity contribution is 5.85. The lowest BCUT2D eigenvalue weighted by atomic mass is 10.4. The lowest BCUT2D eigenvalue weighted by Crippen LogP contribution is -2.41. The molecule has 0 atom stereocenters. The SMILES string of the molecule is Nc1nc2c(ncn2CCC(=O)NCCNC(=O)CN2CCCC2=O)c(=O)[nH]1. The third-order valence-corrected chi connectivity index (χ3v) is 4.35. The number of nitrogen functional groups attached to an aromatic ring is 1. The molecule has 0 spiro atoms. The molecule has 2 aromatic heterocycles. The first-order chi connectivity index (χ1) is 13.4. The monoisotopic (exact) mass is 390 g/mol. The number of likely N-dealkylation sites (tertiary alicyclic amines) is 1. The Kier molecular flexibility index (Phi) is 5.87. The first-order valence-corrected chi connectivity index (χ1v) is 8.96. The van der Waals surface area contributed by atoms with Gasteiger partial charge in [0, 0.05) is 39.0 Å². The largest absolute Gasteiger partial charge is 0.369 e. The van der Waals surface area contributed by atoms with Gasteiger partial charge in [0.1, 0.15) is 0 Å². The zero-order chi connectivity index (χ0) is 20.1. The number of hydrogen-bond acceptors (Lipinski definition) is 7. The number of fused-ring (bicyclic) bond motifs is 1. The Labute approximate surface area is 159 Å². The van der Waals surface area contributed by atoms with Crippen LogP contribution in [0.15, 0.2) is 11.1 Å². The first-order valence-electron chi connectivity index (χ1n) is 8.96. The molecule has 0 saturated carbocycles. The van der Waals surface area contributed by atoms with Crippen LogP contribution in [0, 0.1) is 0 Å². The highest BCUT2D eigenvalue weighted by atomic mass is 16.2. The van der Waals surface area contributed by atoms with Crippen LogP contribution in [0.1, 0.15) is 19.3 Å². The van der Waals surface area contributed by atoms with Gasteiger partial charge < -0.3 is 25.8 Å². The van der Waals surface area contributed by atoms with E-state index in [9.17, 15) is 19.2 Å². The van der Waals surface area contributed by atoms with Crippen LogP contribution < -0.4 is 21.9 Å². The predicted molar refractivity (Wildman–Crippen MR) is 99.0 cm³/mol. The molecule has 1 saturated heterocycles. The minimum absolute atomic E-state index is 0.00582. The molecule has 0 unspecified atom stereocenters. The van der Waals surface area contributed by atoms with Gasteiger partial charge in [0.25, 0.3) is 5.56 Å². The second-order valence-electron chi connectivity index (χ2n) is 6.43. The number of anilines is 1. The smallest absolute Gasteiger partial charge is 0.280 e. The molecular formula is C16H22N8O4. The van der Waals surface area contributed by atoms with E-state index in [0.717, 1.165) is 6.42 Å². The predicted octanol–water partition coefficient (Wildman–Crippen LogP) is -2.05. The molecule has 0 aliphatic carbocycles. The number of aryl methyl sites for hydroxylation is 1. The Morgan fingerprint density at radius 1 is 1.21 bits per heavy atom. The average Bonchev–Trinajstić information content (AvgIpc) is 3.23. The summed E-state index contributed by atoms with van der Waals surface area (Å²) in [5.74, 6) is -0.490. The Morgan fingerprint density at radius 2 is 1.96 bits per heavy atom. The van der Waals surface area contributed by atoms with Gasteiger partial charge in [-0.2, -0.15) is 4.98 Å². The summed E-state index contributed by atoms with van der Waals surface area (Å²) < 4.78 is 1.58.